The molecule has 0 spiro atoms. The lowest BCUT2D eigenvalue weighted by Gasteiger charge is -2.29. The Kier molecular flexibility index (Phi) is 4.68. The molecule has 0 radical (unpaired) electrons. The average molecular weight is 319 g/mol. The third kappa shape index (κ3) is 4.32. The SMILES string of the molecule is CC1(C)OC(=O)C(=CN[C@H](Cc2ccccc2)C(=O)O)C(=O)O1. The van der Waals surface area contributed by atoms with E-state index < -0.39 is 29.7 Å². The van der Waals surface area contributed by atoms with Crippen molar-refractivity contribution in [2.45, 2.75) is 32.1 Å². The largest absolute Gasteiger partial charge is 0.480 e. The van der Waals surface area contributed by atoms with Crippen LogP contribution in [0, 0.1) is 0 Å². The van der Waals surface area contributed by atoms with E-state index in [2.05, 4.69) is 5.32 Å². The second-order valence-corrected chi connectivity index (χ2v) is 5.48. The molecule has 1 aliphatic rings. The highest BCUT2D eigenvalue weighted by atomic mass is 16.7. The maximum absolute atomic E-state index is 11.8. The summed E-state index contributed by atoms with van der Waals surface area (Å²) < 4.78 is 9.86. The van der Waals surface area contributed by atoms with Crippen LogP contribution < -0.4 is 5.32 Å². The Morgan fingerprint density at radius 1 is 1.22 bits per heavy atom. The van der Waals surface area contributed by atoms with Gasteiger partial charge in [0.15, 0.2) is 5.57 Å². The van der Waals surface area contributed by atoms with E-state index in [1.165, 1.54) is 13.8 Å². The predicted molar refractivity (Wildman–Crippen MR) is 79.1 cm³/mol. The highest BCUT2D eigenvalue weighted by molar-refractivity contribution is 6.15. The van der Waals surface area contributed by atoms with E-state index in [9.17, 15) is 19.5 Å². The number of hydrogen-bond acceptors (Lipinski definition) is 6. The van der Waals surface area contributed by atoms with Crippen molar-refractivity contribution in [3.05, 3.63) is 47.7 Å². The second-order valence-electron chi connectivity index (χ2n) is 5.48. The van der Waals surface area contributed by atoms with Crippen molar-refractivity contribution in [2.75, 3.05) is 0 Å². The number of aliphatic carboxylic acids is 1. The lowest BCUT2D eigenvalue weighted by atomic mass is 10.1. The molecule has 7 nitrogen and oxygen atoms in total. The van der Waals surface area contributed by atoms with Gasteiger partial charge >= 0.3 is 17.9 Å². The normalized spacial score (nSPS) is 17.7. The van der Waals surface area contributed by atoms with Crippen LogP contribution >= 0.6 is 0 Å². The summed E-state index contributed by atoms with van der Waals surface area (Å²) in [5, 5.41) is 11.8. The van der Waals surface area contributed by atoms with E-state index >= 15 is 0 Å². The fourth-order valence-corrected chi connectivity index (χ4v) is 2.03. The molecule has 0 amide bonds. The van der Waals surface area contributed by atoms with Crippen LogP contribution in [0.2, 0.25) is 0 Å². The summed E-state index contributed by atoms with van der Waals surface area (Å²) in [5.74, 6) is -4.16. The molecule has 1 heterocycles. The molecule has 0 saturated carbocycles. The first kappa shape index (κ1) is 16.5. The van der Waals surface area contributed by atoms with Gasteiger partial charge in [-0.1, -0.05) is 30.3 Å². The molecule has 1 aliphatic heterocycles. The molecule has 23 heavy (non-hydrogen) atoms. The van der Waals surface area contributed by atoms with Gasteiger partial charge in [-0.15, -0.1) is 0 Å². The fourth-order valence-electron chi connectivity index (χ4n) is 2.03. The van der Waals surface area contributed by atoms with Gasteiger partial charge in [0.05, 0.1) is 0 Å². The van der Waals surface area contributed by atoms with Gasteiger partial charge in [0.1, 0.15) is 6.04 Å². The minimum absolute atomic E-state index is 0.190. The van der Waals surface area contributed by atoms with Crippen molar-refractivity contribution < 1.29 is 29.0 Å². The number of esters is 2. The van der Waals surface area contributed by atoms with Gasteiger partial charge in [0.2, 0.25) is 0 Å². The van der Waals surface area contributed by atoms with Gasteiger partial charge in [0, 0.05) is 26.5 Å². The van der Waals surface area contributed by atoms with Gasteiger partial charge in [-0.05, 0) is 5.56 Å². The Labute approximate surface area is 132 Å². The molecule has 0 aliphatic carbocycles. The Bertz CT molecular complexity index is 628. The Balaban J connectivity index is 2.10. The zero-order chi connectivity index (χ0) is 17.0. The van der Waals surface area contributed by atoms with E-state index in [1.54, 1.807) is 24.3 Å². The van der Waals surface area contributed by atoms with Crippen LogP contribution in [0.1, 0.15) is 19.4 Å². The number of hydrogen-bond donors (Lipinski definition) is 2. The summed E-state index contributed by atoms with van der Waals surface area (Å²) in [5.41, 5.74) is 0.435. The molecular formula is C16H17NO6. The lowest BCUT2D eigenvalue weighted by molar-refractivity contribution is -0.222. The highest BCUT2D eigenvalue weighted by Gasteiger charge is 2.39. The molecule has 1 aromatic carbocycles. The summed E-state index contributed by atoms with van der Waals surface area (Å²) >= 11 is 0. The van der Waals surface area contributed by atoms with Crippen molar-refractivity contribution >= 4 is 17.9 Å². The predicted octanol–water partition coefficient (Wildman–Crippen LogP) is 0.992. The molecule has 2 rings (SSSR count). The van der Waals surface area contributed by atoms with Crippen LogP contribution in [-0.2, 0) is 30.3 Å². The van der Waals surface area contributed by atoms with Crippen LogP contribution in [0.25, 0.3) is 0 Å². The summed E-state index contributed by atoms with van der Waals surface area (Å²) in [6.45, 7) is 2.87. The number of carboxylic acids is 1. The van der Waals surface area contributed by atoms with Crippen molar-refractivity contribution in [3.63, 3.8) is 0 Å². The molecule has 1 aromatic rings. The minimum Gasteiger partial charge on any atom is -0.480 e. The standard InChI is InChI=1S/C16H17NO6/c1-16(2)22-14(20)11(15(21)23-16)9-17-12(13(18)19)8-10-6-4-3-5-7-10/h3-7,9,12,17H,8H2,1-2H3,(H,18,19)/t12-/m1/s1. The van der Waals surface area contributed by atoms with Crippen LogP contribution in [0.4, 0.5) is 0 Å². The molecule has 122 valence electrons. The van der Waals surface area contributed by atoms with E-state index in [0.29, 0.717) is 0 Å². The van der Waals surface area contributed by atoms with Crippen LogP contribution in [0.5, 0.6) is 0 Å². The highest BCUT2D eigenvalue weighted by Crippen LogP contribution is 2.22. The summed E-state index contributed by atoms with van der Waals surface area (Å²) in [7, 11) is 0. The lowest BCUT2D eigenvalue weighted by Crippen LogP contribution is -2.43. The minimum atomic E-state index is -1.33. The Morgan fingerprint density at radius 2 is 1.78 bits per heavy atom. The number of carbonyl (C=O) groups excluding carboxylic acids is 2. The van der Waals surface area contributed by atoms with E-state index in [1.807, 2.05) is 6.07 Å². The Morgan fingerprint density at radius 3 is 2.30 bits per heavy atom. The zero-order valence-corrected chi connectivity index (χ0v) is 12.7. The maximum atomic E-state index is 11.8. The van der Waals surface area contributed by atoms with E-state index in [-0.39, 0.29) is 12.0 Å². The monoisotopic (exact) mass is 319 g/mol. The molecule has 0 unspecified atom stereocenters. The van der Waals surface area contributed by atoms with Crippen molar-refractivity contribution in [2.24, 2.45) is 0 Å². The van der Waals surface area contributed by atoms with Gasteiger partial charge in [0.25, 0.3) is 5.79 Å². The molecule has 1 fully saturated rings. The van der Waals surface area contributed by atoms with Crippen LogP contribution in [0.3, 0.4) is 0 Å². The first-order valence-corrected chi connectivity index (χ1v) is 6.98. The first-order valence-electron chi connectivity index (χ1n) is 6.98. The fraction of sp³-hybridized carbons (Fsp3) is 0.312. The molecular weight excluding hydrogens is 302 g/mol. The molecule has 2 N–H and O–H groups in total. The van der Waals surface area contributed by atoms with Gasteiger partial charge in [-0.3, -0.25) is 0 Å². The summed E-state index contributed by atoms with van der Waals surface area (Å²) in [6.07, 6.45) is 1.22. The van der Waals surface area contributed by atoms with Gasteiger partial charge < -0.3 is 19.9 Å². The van der Waals surface area contributed by atoms with Gasteiger partial charge in [-0.2, -0.15) is 0 Å². The summed E-state index contributed by atoms with van der Waals surface area (Å²) in [6, 6.07) is 7.99. The first-order chi connectivity index (χ1) is 10.8. The molecule has 0 aromatic heterocycles. The number of rotatable bonds is 5. The number of carbonyl (C=O) groups is 3. The third-order valence-electron chi connectivity index (χ3n) is 3.13. The van der Waals surface area contributed by atoms with Gasteiger partial charge in [-0.25, -0.2) is 14.4 Å². The topological polar surface area (TPSA) is 102 Å². The molecule has 1 saturated heterocycles. The summed E-state index contributed by atoms with van der Waals surface area (Å²) in [4.78, 5) is 34.9. The van der Waals surface area contributed by atoms with Crippen LogP contribution in [-0.4, -0.2) is 34.8 Å². The average Bonchev–Trinajstić information content (AvgIpc) is 2.44. The zero-order valence-electron chi connectivity index (χ0n) is 12.7. The van der Waals surface area contributed by atoms with Crippen molar-refractivity contribution in [1.82, 2.24) is 5.32 Å². The smallest absolute Gasteiger partial charge is 0.350 e. The van der Waals surface area contributed by atoms with E-state index in [0.717, 1.165) is 11.8 Å². The number of carboxylic acid groups (broad SMARTS) is 1. The van der Waals surface area contributed by atoms with Crippen LogP contribution in [0.15, 0.2) is 42.1 Å². The molecule has 7 heteroatoms. The maximum Gasteiger partial charge on any atom is 0.350 e. The van der Waals surface area contributed by atoms with Crippen molar-refractivity contribution in [1.29, 1.82) is 0 Å². The number of cyclic esters (lactones) is 2. The number of nitrogens with one attached hydrogen (secondary N) is 1. The molecule has 1 atom stereocenters. The molecule has 0 bridgehead atoms. The Hall–Kier alpha value is -2.83. The quantitative estimate of drug-likeness (QED) is 0.474. The second kappa shape index (κ2) is 6.51. The van der Waals surface area contributed by atoms with E-state index in [4.69, 9.17) is 9.47 Å². The van der Waals surface area contributed by atoms with Crippen molar-refractivity contribution in [3.8, 4) is 0 Å². The number of ether oxygens (including phenoxy) is 2. The third-order valence-corrected chi connectivity index (χ3v) is 3.13. The number of benzene rings is 1.